The number of halogens is 2. The number of ether oxygens (including phenoxy) is 1. The van der Waals surface area contributed by atoms with Crippen LogP contribution in [0.25, 0.3) is 0 Å². The van der Waals surface area contributed by atoms with Crippen molar-refractivity contribution in [2.24, 2.45) is 5.84 Å². The van der Waals surface area contributed by atoms with Crippen LogP contribution in [-0.4, -0.2) is 16.9 Å². The number of nitrogens with one attached hydrogen (secondary N) is 1. The van der Waals surface area contributed by atoms with Gasteiger partial charge in [-0.3, -0.25) is 10.5 Å². The molecule has 1 aromatic heterocycles. The summed E-state index contributed by atoms with van der Waals surface area (Å²) >= 11 is 0. The Labute approximate surface area is 121 Å². The number of methoxy groups -OCH3 is 1. The number of benzene rings is 1. The molecule has 7 heteroatoms. The van der Waals surface area contributed by atoms with E-state index in [2.05, 4.69) is 10.5 Å². The first-order valence-corrected chi connectivity index (χ1v) is 6.63. The van der Waals surface area contributed by atoms with Crippen LogP contribution in [0.15, 0.2) is 24.4 Å². The van der Waals surface area contributed by atoms with Crippen molar-refractivity contribution in [1.82, 2.24) is 15.2 Å². The summed E-state index contributed by atoms with van der Waals surface area (Å²) < 4.78 is 33.6. The molecule has 0 saturated heterocycles. The second-order valence-corrected chi connectivity index (χ2v) is 4.59. The van der Waals surface area contributed by atoms with Crippen molar-refractivity contribution in [2.45, 2.75) is 25.9 Å². The van der Waals surface area contributed by atoms with Crippen LogP contribution in [0.5, 0.6) is 5.75 Å². The van der Waals surface area contributed by atoms with E-state index in [9.17, 15) is 8.78 Å². The topological polar surface area (TPSA) is 65.1 Å². The maximum Gasteiger partial charge on any atom is 0.161 e. The minimum atomic E-state index is -0.923. The predicted molar refractivity (Wildman–Crippen MR) is 74.6 cm³/mol. The Morgan fingerprint density at radius 3 is 2.71 bits per heavy atom. The van der Waals surface area contributed by atoms with Crippen LogP contribution in [0.1, 0.15) is 30.6 Å². The SMILES string of the molecule is CCCn1ncc(OC)c1C(NN)c1ccc(F)c(F)c1. The molecule has 0 aliphatic heterocycles. The molecule has 21 heavy (non-hydrogen) atoms. The van der Waals surface area contributed by atoms with Crippen LogP contribution in [0, 0.1) is 11.6 Å². The Morgan fingerprint density at radius 1 is 1.38 bits per heavy atom. The average molecular weight is 296 g/mol. The smallest absolute Gasteiger partial charge is 0.161 e. The third kappa shape index (κ3) is 3.03. The van der Waals surface area contributed by atoms with Crippen LogP contribution in [0.4, 0.5) is 8.78 Å². The van der Waals surface area contributed by atoms with E-state index in [1.165, 1.54) is 13.2 Å². The standard InChI is InChI=1S/C14H18F2N4O/c1-3-6-20-14(12(21-2)8-18-20)13(19-17)9-4-5-10(15)11(16)7-9/h4-5,7-8,13,19H,3,6,17H2,1-2H3. The molecule has 114 valence electrons. The molecule has 0 aliphatic carbocycles. The molecule has 1 aromatic carbocycles. The summed E-state index contributed by atoms with van der Waals surface area (Å²) in [6, 6.07) is 3.11. The van der Waals surface area contributed by atoms with E-state index in [1.807, 2.05) is 6.92 Å². The van der Waals surface area contributed by atoms with E-state index in [0.717, 1.165) is 18.6 Å². The van der Waals surface area contributed by atoms with Gasteiger partial charge in [0.25, 0.3) is 0 Å². The third-order valence-electron chi connectivity index (χ3n) is 3.22. The van der Waals surface area contributed by atoms with Gasteiger partial charge in [0, 0.05) is 6.54 Å². The maximum atomic E-state index is 13.5. The highest BCUT2D eigenvalue weighted by molar-refractivity contribution is 5.36. The van der Waals surface area contributed by atoms with Crippen molar-refractivity contribution >= 4 is 0 Å². The highest BCUT2D eigenvalue weighted by atomic mass is 19.2. The van der Waals surface area contributed by atoms with E-state index in [1.54, 1.807) is 10.9 Å². The van der Waals surface area contributed by atoms with Gasteiger partial charge in [0.1, 0.15) is 5.69 Å². The van der Waals surface area contributed by atoms with Gasteiger partial charge in [0.2, 0.25) is 0 Å². The van der Waals surface area contributed by atoms with Gasteiger partial charge < -0.3 is 4.74 Å². The van der Waals surface area contributed by atoms with Gasteiger partial charge in [-0.1, -0.05) is 13.0 Å². The molecule has 0 amide bonds. The zero-order valence-electron chi connectivity index (χ0n) is 11.9. The molecule has 2 aromatic rings. The van der Waals surface area contributed by atoms with Crippen molar-refractivity contribution in [3.05, 3.63) is 47.3 Å². The van der Waals surface area contributed by atoms with Crippen LogP contribution in [0.2, 0.25) is 0 Å². The monoisotopic (exact) mass is 296 g/mol. The number of hydrazine groups is 1. The third-order valence-corrected chi connectivity index (χ3v) is 3.22. The number of nitrogens with two attached hydrogens (primary N) is 1. The van der Waals surface area contributed by atoms with Crippen molar-refractivity contribution in [3.8, 4) is 5.75 Å². The zero-order chi connectivity index (χ0) is 15.4. The zero-order valence-corrected chi connectivity index (χ0v) is 11.9. The van der Waals surface area contributed by atoms with Crippen LogP contribution in [-0.2, 0) is 6.54 Å². The summed E-state index contributed by atoms with van der Waals surface area (Å²) in [6.07, 6.45) is 2.45. The largest absolute Gasteiger partial charge is 0.493 e. The van der Waals surface area contributed by atoms with E-state index in [4.69, 9.17) is 10.6 Å². The minimum Gasteiger partial charge on any atom is -0.493 e. The Morgan fingerprint density at radius 2 is 2.14 bits per heavy atom. The quantitative estimate of drug-likeness (QED) is 0.633. The van der Waals surface area contributed by atoms with E-state index in [-0.39, 0.29) is 0 Å². The Bertz CT molecular complexity index is 615. The molecule has 0 fully saturated rings. The summed E-state index contributed by atoms with van der Waals surface area (Å²) in [5.74, 6) is 4.33. The second-order valence-electron chi connectivity index (χ2n) is 4.59. The highest BCUT2D eigenvalue weighted by Crippen LogP contribution is 2.30. The van der Waals surface area contributed by atoms with E-state index < -0.39 is 17.7 Å². The first-order valence-electron chi connectivity index (χ1n) is 6.63. The number of aryl methyl sites for hydroxylation is 1. The molecule has 1 unspecified atom stereocenters. The molecule has 1 atom stereocenters. The normalized spacial score (nSPS) is 12.4. The summed E-state index contributed by atoms with van der Waals surface area (Å²) in [5.41, 5.74) is 3.78. The molecule has 3 N–H and O–H groups in total. The number of rotatable bonds is 6. The molecule has 0 radical (unpaired) electrons. The number of hydrogen-bond acceptors (Lipinski definition) is 4. The second kappa shape index (κ2) is 6.64. The molecule has 2 rings (SSSR count). The van der Waals surface area contributed by atoms with Crippen molar-refractivity contribution in [1.29, 1.82) is 0 Å². The summed E-state index contributed by atoms with van der Waals surface area (Å²) in [4.78, 5) is 0. The molecule has 1 heterocycles. The van der Waals surface area contributed by atoms with Gasteiger partial charge in [-0.05, 0) is 24.1 Å². The van der Waals surface area contributed by atoms with Gasteiger partial charge in [0.15, 0.2) is 17.4 Å². The van der Waals surface area contributed by atoms with Crippen LogP contribution < -0.4 is 16.0 Å². The molecule has 0 saturated carbocycles. The summed E-state index contributed by atoms with van der Waals surface area (Å²) in [5, 5.41) is 4.24. The van der Waals surface area contributed by atoms with E-state index >= 15 is 0 Å². The molecule has 0 spiro atoms. The Balaban J connectivity index is 2.49. The Hall–Kier alpha value is -1.99. The first kappa shape index (κ1) is 15.4. The van der Waals surface area contributed by atoms with Gasteiger partial charge in [-0.25, -0.2) is 14.2 Å². The number of hydrogen-bond donors (Lipinski definition) is 2. The molecule has 5 nitrogen and oxygen atoms in total. The minimum absolute atomic E-state index is 0.493. The first-order chi connectivity index (χ1) is 10.1. The molecular weight excluding hydrogens is 278 g/mol. The predicted octanol–water partition coefficient (Wildman–Crippen LogP) is 2.13. The van der Waals surface area contributed by atoms with E-state index in [0.29, 0.717) is 23.6 Å². The van der Waals surface area contributed by atoms with Crippen LogP contribution in [0.3, 0.4) is 0 Å². The summed E-state index contributed by atoms with van der Waals surface area (Å²) in [6.45, 7) is 2.68. The van der Waals surface area contributed by atoms with Crippen molar-refractivity contribution < 1.29 is 13.5 Å². The molecule has 0 aliphatic rings. The van der Waals surface area contributed by atoms with Crippen molar-refractivity contribution in [3.63, 3.8) is 0 Å². The lowest BCUT2D eigenvalue weighted by Crippen LogP contribution is -2.31. The lowest BCUT2D eigenvalue weighted by Gasteiger charge is -2.19. The number of nitrogens with zero attached hydrogens (tertiary/aromatic N) is 2. The van der Waals surface area contributed by atoms with Crippen LogP contribution >= 0.6 is 0 Å². The average Bonchev–Trinajstić information content (AvgIpc) is 2.87. The highest BCUT2D eigenvalue weighted by Gasteiger charge is 2.23. The number of aromatic nitrogens is 2. The van der Waals surface area contributed by atoms with Crippen molar-refractivity contribution in [2.75, 3.05) is 7.11 Å². The lowest BCUT2D eigenvalue weighted by molar-refractivity contribution is 0.398. The fraction of sp³-hybridized carbons (Fsp3) is 0.357. The molecular formula is C14H18F2N4O. The molecule has 0 bridgehead atoms. The van der Waals surface area contributed by atoms with Gasteiger partial charge in [-0.2, -0.15) is 5.10 Å². The Kier molecular flexibility index (Phi) is 4.87. The van der Waals surface area contributed by atoms with Gasteiger partial charge in [-0.15, -0.1) is 0 Å². The van der Waals surface area contributed by atoms with Gasteiger partial charge in [0.05, 0.1) is 19.3 Å². The van der Waals surface area contributed by atoms with Gasteiger partial charge >= 0.3 is 0 Å². The lowest BCUT2D eigenvalue weighted by atomic mass is 10.0. The maximum absolute atomic E-state index is 13.5. The summed E-state index contributed by atoms with van der Waals surface area (Å²) in [7, 11) is 1.52. The fourth-order valence-electron chi connectivity index (χ4n) is 2.24. The fourth-order valence-corrected chi connectivity index (χ4v) is 2.24.